The number of hydrogen-bond donors (Lipinski definition) is 2. The van der Waals surface area contributed by atoms with Gasteiger partial charge in [-0.3, -0.25) is 4.79 Å². The van der Waals surface area contributed by atoms with Crippen molar-refractivity contribution < 1.29 is 4.79 Å². The summed E-state index contributed by atoms with van der Waals surface area (Å²) in [6, 6.07) is 2.09. The molecule has 2 N–H and O–H groups in total. The van der Waals surface area contributed by atoms with Gasteiger partial charge in [0.05, 0.1) is 10.6 Å². The third kappa shape index (κ3) is 3.61. The zero-order valence-corrected chi connectivity index (χ0v) is 12.7. The summed E-state index contributed by atoms with van der Waals surface area (Å²) in [7, 11) is 2.09. The monoisotopic (exact) mass is 296 g/mol. The minimum Gasteiger partial charge on any atom is -0.369 e. The van der Waals surface area contributed by atoms with E-state index in [9.17, 15) is 4.79 Å². The molecule has 0 aliphatic carbocycles. The number of pyridine rings is 1. The molecule has 0 radical (unpaired) electrons. The molecule has 0 spiro atoms. The maximum Gasteiger partial charge on any atom is 0.252 e. The van der Waals surface area contributed by atoms with Crippen molar-refractivity contribution in [1.29, 1.82) is 0 Å². The van der Waals surface area contributed by atoms with Gasteiger partial charge in [-0.1, -0.05) is 11.6 Å². The first-order valence-electron chi connectivity index (χ1n) is 6.99. The lowest BCUT2D eigenvalue weighted by atomic mass is 10.2. The number of halogens is 1. The van der Waals surface area contributed by atoms with Crippen LogP contribution >= 0.6 is 11.6 Å². The molecule has 1 unspecified atom stereocenters. The quantitative estimate of drug-likeness (QED) is 0.872. The fraction of sp³-hybridized carbons (Fsp3) is 0.571. The molecule has 1 atom stereocenters. The van der Waals surface area contributed by atoms with Crippen LogP contribution in [-0.4, -0.2) is 48.5 Å². The van der Waals surface area contributed by atoms with Gasteiger partial charge in [-0.2, -0.15) is 0 Å². The summed E-state index contributed by atoms with van der Waals surface area (Å²) < 4.78 is 0. The number of amides is 1. The van der Waals surface area contributed by atoms with Crippen molar-refractivity contribution >= 4 is 23.3 Å². The summed E-state index contributed by atoms with van der Waals surface area (Å²) in [6.45, 7) is 4.48. The highest BCUT2D eigenvalue weighted by molar-refractivity contribution is 6.33. The molecule has 2 rings (SSSR count). The molecular weight excluding hydrogens is 276 g/mol. The Kier molecular flexibility index (Phi) is 5.20. The molecule has 20 heavy (non-hydrogen) atoms. The van der Waals surface area contributed by atoms with E-state index in [0.29, 0.717) is 29.0 Å². The minimum atomic E-state index is -0.122. The summed E-state index contributed by atoms with van der Waals surface area (Å²) >= 11 is 6.09. The van der Waals surface area contributed by atoms with Gasteiger partial charge in [0.2, 0.25) is 0 Å². The Morgan fingerprint density at radius 3 is 3.00 bits per heavy atom. The van der Waals surface area contributed by atoms with Crippen molar-refractivity contribution in [3.8, 4) is 0 Å². The number of aromatic nitrogens is 1. The van der Waals surface area contributed by atoms with Gasteiger partial charge >= 0.3 is 0 Å². The molecule has 1 aromatic heterocycles. The molecule has 6 heteroatoms. The van der Waals surface area contributed by atoms with Crippen LogP contribution < -0.4 is 10.6 Å². The number of anilines is 1. The summed E-state index contributed by atoms with van der Waals surface area (Å²) in [5, 5.41) is 6.46. The van der Waals surface area contributed by atoms with Crippen LogP contribution in [0.3, 0.4) is 0 Å². The lowest BCUT2D eigenvalue weighted by molar-refractivity contribution is 0.0943. The molecule has 0 aromatic carbocycles. The van der Waals surface area contributed by atoms with Gasteiger partial charge in [0.1, 0.15) is 5.82 Å². The number of nitrogens with zero attached hydrogens (tertiary/aromatic N) is 2. The first-order valence-corrected chi connectivity index (χ1v) is 7.37. The number of hydrogen-bond acceptors (Lipinski definition) is 4. The Morgan fingerprint density at radius 2 is 2.40 bits per heavy atom. The predicted octanol–water partition coefficient (Wildman–Crippen LogP) is 1.99. The van der Waals surface area contributed by atoms with Gasteiger partial charge in [-0.25, -0.2) is 4.98 Å². The van der Waals surface area contributed by atoms with E-state index in [1.54, 1.807) is 12.3 Å². The van der Waals surface area contributed by atoms with Crippen LogP contribution in [0, 0.1) is 0 Å². The van der Waals surface area contributed by atoms with E-state index in [1.165, 1.54) is 6.42 Å². The lowest BCUT2D eigenvalue weighted by Gasteiger charge is -2.19. The first kappa shape index (κ1) is 15.1. The minimum absolute atomic E-state index is 0.122. The largest absolute Gasteiger partial charge is 0.369 e. The van der Waals surface area contributed by atoms with Crippen LogP contribution in [0.4, 0.5) is 5.82 Å². The Morgan fingerprint density at radius 1 is 1.60 bits per heavy atom. The molecule has 1 saturated heterocycles. The average molecular weight is 297 g/mol. The molecule has 1 aliphatic rings. The number of carbonyl (C=O) groups is 1. The second kappa shape index (κ2) is 6.90. The van der Waals surface area contributed by atoms with E-state index < -0.39 is 0 Å². The molecule has 110 valence electrons. The van der Waals surface area contributed by atoms with Crippen LogP contribution in [0.25, 0.3) is 0 Å². The van der Waals surface area contributed by atoms with Crippen molar-refractivity contribution in [3.63, 3.8) is 0 Å². The van der Waals surface area contributed by atoms with Crippen molar-refractivity contribution in [2.45, 2.75) is 25.8 Å². The lowest BCUT2D eigenvalue weighted by Crippen LogP contribution is -2.38. The molecule has 0 saturated carbocycles. The Hall–Kier alpha value is -1.33. The zero-order valence-electron chi connectivity index (χ0n) is 11.9. The maximum absolute atomic E-state index is 12.1. The highest BCUT2D eigenvalue weighted by Crippen LogP contribution is 2.20. The topological polar surface area (TPSA) is 57.3 Å². The van der Waals surface area contributed by atoms with E-state index in [1.807, 2.05) is 6.92 Å². The van der Waals surface area contributed by atoms with Gasteiger partial charge in [-0.15, -0.1) is 0 Å². The van der Waals surface area contributed by atoms with Crippen molar-refractivity contribution in [2.75, 3.05) is 32.0 Å². The van der Waals surface area contributed by atoms with Crippen LogP contribution in [0.5, 0.6) is 0 Å². The van der Waals surface area contributed by atoms with Gasteiger partial charge in [0.25, 0.3) is 5.91 Å². The Labute approximate surface area is 124 Å². The third-order valence-electron chi connectivity index (χ3n) is 3.62. The van der Waals surface area contributed by atoms with Crippen molar-refractivity contribution in [2.24, 2.45) is 0 Å². The summed E-state index contributed by atoms with van der Waals surface area (Å²) in [5.74, 6) is 0.490. The number of likely N-dealkylation sites (N-methyl/N-ethyl adjacent to an activating group) is 1. The molecule has 0 bridgehead atoms. The molecule has 1 amide bonds. The van der Waals surface area contributed by atoms with Crippen LogP contribution in [-0.2, 0) is 0 Å². The maximum atomic E-state index is 12.1. The van der Waals surface area contributed by atoms with Gasteiger partial charge in [-0.05, 0) is 39.4 Å². The molecule has 1 aromatic rings. The molecule has 1 fully saturated rings. The van der Waals surface area contributed by atoms with E-state index in [4.69, 9.17) is 11.6 Å². The number of rotatable bonds is 5. The van der Waals surface area contributed by atoms with Crippen LogP contribution in [0.2, 0.25) is 5.02 Å². The Bertz CT molecular complexity index is 480. The fourth-order valence-corrected chi connectivity index (χ4v) is 2.64. The van der Waals surface area contributed by atoms with Crippen molar-refractivity contribution in [3.05, 3.63) is 22.8 Å². The van der Waals surface area contributed by atoms with Gasteiger partial charge in [0, 0.05) is 25.3 Å². The second-order valence-electron chi connectivity index (χ2n) is 5.07. The molecule has 1 aliphatic heterocycles. The van der Waals surface area contributed by atoms with Crippen LogP contribution in [0.15, 0.2) is 12.3 Å². The number of likely N-dealkylation sites (tertiary alicyclic amines) is 1. The smallest absolute Gasteiger partial charge is 0.252 e. The van der Waals surface area contributed by atoms with Gasteiger partial charge in [0.15, 0.2) is 0 Å². The van der Waals surface area contributed by atoms with Gasteiger partial charge < -0.3 is 15.5 Å². The summed E-state index contributed by atoms with van der Waals surface area (Å²) in [5.41, 5.74) is 0.498. The molecule has 5 nitrogen and oxygen atoms in total. The Balaban J connectivity index is 1.93. The standard InChI is InChI=1S/C14H21ClN4O/c1-3-16-13-12(15)7-10(8-17-13)14(20)18-9-11-5-4-6-19(11)2/h7-8,11H,3-6,9H2,1-2H3,(H,16,17)(H,18,20). The highest BCUT2D eigenvalue weighted by atomic mass is 35.5. The number of nitrogens with one attached hydrogen (secondary N) is 2. The van der Waals surface area contributed by atoms with E-state index in [0.717, 1.165) is 19.5 Å². The van der Waals surface area contributed by atoms with Crippen LogP contribution in [0.1, 0.15) is 30.1 Å². The zero-order chi connectivity index (χ0) is 14.5. The summed E-state index contributed by atoms with van der Waals surface area (Å²) in [4.78, 5) is 18.5. The summed E-state index contributed by atoms with van der Waals surface area (Å²) in [6.07, 6.45) is 3.88. The molecular formula is C14H21ClN4O. The SMILES string of the molecule is CCNc1ncc(C(=O)NCC2CCCN2C)cc1Cl. The predicted molar refractivity (Wildman–Crippen MR) is 81.4 cm³/mol. The molecule has 2 heterocycles. The average Bonchev–Trinajstić information content (AvgIpc) is 2.84. The normalized spacial score (nSPS) is 19.1. The van der Waals surface area contributed by atoms with E-state index >= 15 is 0 Å². The first-order chi connectivity index (χ1) is 9.61. The fourth-order valence-electron chi connectivity index (χ4n) is 2.41. The van der Waals surface area contributed by atoms with Crippen molar-refractivity contribution in [1.82, 2.24) is 15.2 Å². The van der Waals surface area contributed by atoms with E-state index in [2.05, 4.69) is 27.6 Å². The highest BCUT2D eigenvalue weighted by Gasteiger charge is 2.21. The second-order valence-corrected chi connectivity index (χ2v) is 5.48. The third-order valence-corrected chi connectivity index (χ3v) is 3.91. The van der Waals surface area contributed by atoms with E-state index in [-0.39, 0.29) is 5.91 Å². The number of carbonyl (C=O) groups excluding carboxylic acids is 1.